The number of likely N-dealkylation sites (N-methyl/N-ethyl adjacent to an activating group) is 1. The number of carbonyl (C=O) groups excluding carboxylic acids is 1. The maximum Gasteiger partial charge on any atom is 0.279 e. The Labute approximate surface area is 180 Å². The van der Waals surface area contributed by atoms with Crippen LogP contribution in [0.4, 0.5) is 5.69 Å². The molecule has 3 N–H and O–H groups in total. The van der Waals surface area contributed by atoms with Crippen LogP contribution in [0.5, 0.6) is 0 Å². The van der Waals surface area contributed by atoms with Crippen LogP contribution in [0.15, 0.2) is 29.1 Å². The summed E-state index contributed by atoms with van der Waals surface area (Å²) < 4.78 is 0. The largest absolute Gasteiger partial charge is 0.321 e. The molecule has 1 aliphatic rings. The van der Waals surface area contributed by atoms with E-state index in [1.54, 1.807) is 11.3 Å². The first-order valence-corrected chi connectivity index (χ1v) is 11.4. The minimum absolute atomic E-state index is 0.0502. The SMILES string of the molecule is Cc1ccc(NC(=O)C[NH+](C)[C@H](C)c2nc3sc4c(c3c(=O)[nH]2)CC[C@@H](C)C4)cc1. The molecule has 7 heteroatoms. The van der Waals surface area contributed by atoms with E-state index in [2.05, 4.69) is 17.2 Å². The van der Waals surface area contributed by atoms with Crippen LogP contribution in [0.3, 0.4) is 0 Å². The zero-order valence-electron chi connectivity index (χ0n) is 18.0. The van der Waals surface area contributed by atoms with Crippen molar-refractivity contribution >= 4 is 33.1 Å². The first-order chi connectivity index (χ1) is 14.3. The van der Waals surface area contributed by atoms with E-state index in [1.807, 2.05) is 45.2 Å². The van der Waals surface area contributed by atoms with Crippen LogP contribution in [0.2, 0.25) is 0 Å². The average molecular weight is 426 g/mol. The van der Waals surface area contributed by atoms with Gasteiger partial charge in [0, 0.05) is 10.6 Å². The summed E-state index contributed by atoms with van der Waals surface area (Å²) in [7, 11) is 1.95. The minimum atomic E-state index is -0.107. The molecular weight excluding hydrogens is 396 g/mol. The second-order valence-corrected chi connectivity index (χ2v) is 9.73. The van der Waals surface area contributed by atoms with Gasteiger partial charge in [-0.25, -0.2) is 4.98 Å². The summed E-state index contributed by atoms with van der Waals surface area (Å²) in [6.07, 6.45) is 3.12. The molecule has 1 aromatic carbocycles. The summed E-state index contributed by atoms with van der Waals surface area (Å²) in [6, 6.07) is 7.64. The van der Waals surface area contributed by atoms with Crippen molar-refractivity contribution in [2.75, 3.05) is 18.9 Å². The van der Waals surface area contributed by atoms with Gasteiger partial charge in [-0.05, 0) is 56.7 Å². The number of carbonyl (C=O) groups is 1. The van der Waals surface area contributed by atoms with Crippen molar-refractivity contribution in [2.45, 2.75) is 46.1 Å². The minimum Gasteiger partial charge on any atom is -0.321 e. The maximum absolute atomic E-state index is 12.9. The number of benzene rings is 1. The van der Waals surface area contributed by atoms with E-state index in [4.69, 9.17) is 4.98 Å². The van der Waals surface area contributed by atoms with Crippen molar-refractivity contribution in [3.05, 3.63) is 56.4 Å². The predicted octanol–water partition coefficient (Wildman–Crippen LogP) is 2.63. The van der Waals surface area contributed by atoms with Gasteiger partial charge in [0.2, 0.25) is 0 Å². The molecule has 0 saturated carbocycles. The Hall–Kier alpha value is -2.51. The molecule has 2 heterocycles. The van der Waals surface area contributed by atoms with E-state index < -0.39 is 0 Å². The Bertz CT molecular complexity index is 1130. The highest BCUT2D eigenvalue weighted by Gasteiger charge is 2.26. The lowest BCUT2D eigenvalue weighted by molar-refractivity contribution is -0.902. The molecule has 30 heavy (non-hydrogen) atoms. The summed E-state index contributed by atoms with van der Waals surface area (Å²) >= 11 is 1.66. The molecule has 3 atom stereocenters. The third-order valence-electron chi connectivity index (χ3n) is 6.11. The molecule has 0 fully saturated rings. The van der Waals surface area contributed by atoms with Gasteiger partial charge >= 0.3 is 0 Å². The quantitative estimate of drug-likeness (QED) is 0.588. The van der Waals surface area contributed by atoms with Gasteiger partial charge in [-0.15, -0.1) is 11.3 Å². The molecule has 0 saturated heterocycles. The molecule has 0 radical (unpaired) electrons. The third-order valence-corrected chi connectivity index (χ3v) is 7.26. The van der Waals surface area contributed by atoms with Gasteiger partial charge in [0.25, 0.3) is 11.5 Å². The van der Waals surface area contributed by atoms with Crippen molar-refractivity contribution in [2.24, 2.45) is 5.92 Å². The molecule has 6 nitrogen and oxygen atoms in total. The number of aromatic amines is 1. The number of quaternary nitrogens is 1. The molecule has 2 aromatic heterocycles. The van der Waals surface area contributed by atoms with Crippen molar-refractivity contribution in [3.63, 3.8) is 0 Å². The number of aryl methyl sites for hydroxylation is 2. The lowest BCUT2D eigenvalue weighted by atomic mass is 9.89. The van der Waals surface area contributed by atoms with Crippen LogP contribution in [0.1, 0.15) is 48.1 Å². The average Bonchev–Trinajstić information content (AvgIpc) is 3.06. The van der Waals surface area contributed by atoms with Gasteiger partial charge in [-0.3, -0.25) is 9.59 Å². The Morgan fingerprint density at radius 1 is 1.37 bits per heavy atom. The summed E-state index contributed by atoms with van der Waals surface area (Å²) in [5.41, 5.74) is 3.09. The first-order valence-electron chi connectivity index (χ1n) is 10.5. The number of aromatic nitrogens is 2. The van der Waals surface area contributed by atoms with Gasteiger partial charge in [-0.2, -0.15) is 0 Å². The summed E-state index contributed by atoms with van der Waals surface area (Å²) in [4.78, 5) is 36.2. The van der Waals surface area contributed by atoms with Crippen LogP contribution >= 0.6 is 11.3 Å². The zero-order chi connectivity index (χ0) is 21.4. The number of rotatable bonds is 5. The van der Waals surface area contributed by atoms with Crippen molar-refractivity contribution in [1.82, 2.24) is 9.97 Å². The van der Waals surface area contributed by atoms with Gasteiger partial charge in [0.1, 0.15) is 10.9 Å². The highest BCUT2D eigenvalue weighted by atomic mass is 32.1. The molecule has 1 unspecified atom stereocenters. The number of nitrogens with one attached hydrogen (secondary N) is 3. The Morgan fingerprint density at radius 3 is 2.83 bits per heavy atom. The van der Waals surface area contributed by atoms with Gasteiger partial charge in [0.05, 0.1) is 12.4 Å². The Morgan fingerprint density at radius 2 is 2.10 bits per heavy atom. The lowest BCUT2D eigenvalue weighted by Gasteiger charge is -2.20. The van der Waals surface area contributed by atoms with Crippen LogP contribution in [0.25, 0.3) is 10.2 Å². The topological polar surface area (TPSA) is 79.3 Å². The number of anilines is 1. The number of H-pyrrole nitrogens is 1. The van der Waals surface area contributed by atoms with Crippen LogP contribution < -0.4 is 15.8 Å². The number of amides is 1. The number of hydrogen-bond acceptors (Lipinski definition) is 4. The van der Waals surface area contributed by atoms with Crippen molar-refractivity contribution in [3.8, 4) is 0 Å². The lowest BCUT2D eigenvalue weighted by Crippen LogP contribution is -3.10. The van der Waals surface area contributed by atoms with E-state index >= 15 is 0 Å². The molecule has 1 amide bonds. The molecule has 0 spiro atoms. The standard InChI is InChI=1S/C23H28N4O2S/c1-13-5-8-16(9-6-13)24-19(28)12-27(4)15(3)21-25-22(29)20-17-10-7-14(2)11-18(17)30-23(20)26-21/h5-6,8-9,14-15H,7,10-12H2,1-4H3,(H,24,28)(H,25,26,29)/p+1/t14-,15-/m1/s1. The predicted molar refractivity (Wildman–Crippen MR) is 121 cm³/mol. The normalized spacial score (nSPS) is 18.1. The van der Waals surface area contributed by atoms with Gasteiger partial charge in [-0.1, -0.05) is 24.6 Å². The number of nitrogens with zero attached hydrogens (tertiary/aromatic N) is 1. The maximum atomic E-state index is 12.9. The molecule has 158 valence electrons. The fourth-order valence-corrected chi connectivity index (χ4v) is 5.44. The molecule has 1 aliphatic carbocycles. The first kappa shape index (κ1) is 20.8. The zero-order valence-corrected chi connectivity index (χ0v) is 18.8. The number of thiophene rings is 1. The Kier molecular flexibility index (Phi) is 5.75. The number of fused-ring (bicyclic) bond motifs is 3. The fraction of sp³-hybridized carbons (Fsp3) is 0.435. The third kappa shape index (κ3) is 4.18. The monoisotopic (exact) mass is 425 g/mol. The van der Waals surface area contributed by atoms with Crippen LogP contribution in [0, 0.1) is 12.8 Å². The van der Waals surface area contributed by atoms with E-state index in [0.717, 1.165) is 45.6 Å². The summed E-state index contributed by atoms with van der Waals surface area (Å²) in [6.45, 7) is 6.56. The van der Waals surface area contributed by atoms with E-state index in [-0.39, 0.29) is 24.1 Å². The Balaban J connectivity index is 1.50. The van der Waals surface area contributed by atoms with Crippen LogP contribution in [-0.4, -0.2) is 29.5 Å². The molecule has 0 aliphatic heterocycles. The van der Waals surface area contributed by atoms with E-state index in [0.29, 0.717) is 11.7 Å². The fourth-order valence-electron chi connectivity index (χ4n) is 4.05. The second-order valence-electron chi connectivity index (χ2n) is 8.64. The highest BCUT2D eigenvalue weighted by Crippen LogP contribution is 2.35. The summed E-state index contributed by atoms with van der Waals surface area (Å²) in [5, 5.41) is 3.71. The van der Waals surface area contributed by atoms with Gasteiger partial charge in [0.15, 0.2) is 12.4 Å². The van der Waals surface area contributed by atoms with Crippen LogP contribution in [-0.2, 0) is 17.6 Å². The summed E-state index contributed by atoms with van der Waals surface area (Å²) in [5.74, 6) is 1.23. The molecular formula is C23H29N4O2S+. The smallest absolute Gasteiger partial charge is 0.279 e. The van der Waals surface area contributed by atoms with E-state index in [1.165, 1.54) is 10.4 Å². The highest BCUT2D eigenvalue weighted by molar-refractivity contribution is 7.18. The molecule has 0 bridgehead atoms. The van der Waals surface area contributed by atoms with E-state index in [9.17, 15) is 9.59 Å². The number of hydrogen-bond donors (Lipinski definition) is 3. The molecule has 4 rings (SSSR count). The van der Waals surface area contributed by atoms with Crippen molar-refractivity contribution in [1.29, 1.82) is 0 Å². The van der Waals surface area contributed by atoms with Gasteiger partial charge < -0.3 is 15.2 Å². The molecule has 3 aromatic rings. The second kappa shape index (κ2) is 8.32. The van der Waals surface area contributed by atoms with Crippen molar-refractivity contribution < 1.29 is 9.69 Å².